The van der Waals surface area contributed by atoms with E-state index in [0.29, 0.717) is 24.1 Å². The second-order valence-corrected chi connectivity index (χ2v) is 6.34. The Morgan fingerprint density at radius 1 is 1.39 bits per heavy atom. The first-order valence-corrected chi connectivity index (χ1v) is 8.06. The molecular weight excluding hydrogens is 292 g/mol. The normalized spacial score (nSPS) is 21.3. The molecule has 2 aromatic rings. The summed E-state index contributed by atoms with van der Waals surface area (Å²) >= 11 is 0. The number of nitrogens with two attached hydrogens (primary N) is 1. The van der Waals surface area contributed by atoms with E-state index in [9.17, 15) is 9.90 Å². The zero-order valence-electron chi connectivity index (χ0n) is 13.3. The SMILES string of the molecule is Cc1c(Cc2cnccc2C(=O)O)c[nH][n+]1C1CCC(N)CC1. The van der Waals surface area contributed by atoms with E-state index in [1.165, 1.54) is 6.20 Å². The van der Waals surface area contributed by atoms with Crippen molar-refractivity contribution in [1.82, 2.24) is 10.1 Å². The van der Waals surface area contributed by atoms with Gasteiger partial charge < -0.3 is 10.8 Å². The van der Waals surface area contributed by atoms with Crippen LogP contribution in [0.3, 0.4) is 0 Å². The van der Waals surface area contributed by atoms with Crippen LogP contribution in [0.4, 0.5) is 0 Å². The molecule has 122 valence electrons. The summed E-state index contributed by atoms with van der Waals surface area (Å²) in [6.45, 7) is 2.08. The number of carbonyl (C=O) groups is 1. The average Bonchev–Trinajstić information content (AvgIpc) is 2.90. The van der Waals surface area contributed by atoms with Crippen LogP contribution in [0.2, 0.25) is 0 Å². The molecule has 23 heavy (non-hydrogen) atoms. The molecule has 1 aliphatic carbocycles. The fourth-order valence-electron chi connectivity index (χ4n) is 3.40. The first-order chi connectivity index (χ1) is 11.1. The lowest BCUT2D eigenvalue weighted by molar-refractivity contribution is -0.781. The zero-order valence-corrected chi connectivity index (χ0v) is 13.3. The van der Waals surface area contributed by atoms with Crippen molar-refractivity contribution in [2.75, 3.05) is 0 Å². The summed E-state index contributed by atoms with van der Waals surface area (Å²) < 4.78 is 2.21. The summed E-state index contributed by atoms with van der Waals surface area (Å²) in [6.07, 6.45) is 9.97. The Labute approximate surface area is 135 Å². The van der Waals surface area contributed by atoms with E-state index in [0.717, 1.165) is 42.5 Å². The number of pyridine rings is 1. The Morgan fingerprint density at radius 2 is 2.13 bits per heavy atom. The van der Waals surface area contributed by atoms with Crippen LogP contribution < -0.4 is 10.4 Å². The second kappa shape index (κ2) is 6.50. The number of aromatic carboxylic acids is 1. The van der Waals surface area contributed by atoms with Crippen LogP contribution in [-0.4, -0.2) is 27.2 Å². The molecule has 0 aromatic carbocycles. The average molecular weight is 315 g/mol. The van der Waals surface area contributed by atoms with Crippen LogP contribution in [-0.2, 0) is 6.42 Å². The molecule has 0 spiro atoms. The largest absolute Gasteiger partial charge is 0.478 e. The fraction of sp³-hybridized carbons (Fsp3) is 0.471. The number of carboxylic acid groups (broad SMARTS) is 1. The van der Waals surface area contributed by atoms with Gasteiger partial charge in [0.1, 0.15) is 0 Å². The molecule has 4 N–H and O–H groups in total. The molecular formula is C17H23N4O2+. The van der Waals surface area contributed by atoms with E-state index in [2.05, 4.69) is 21.7 Å². The Balaban J connectivity index is 1.82. The van der Waals surface area contributed by atoms with Gasteiger partial charge in [0.15, 0.2) is 6.04 Å². The van der Waals surface area contributed by atoms with Gasteiger partial charge in [0.25, 0.3) is 0 Å². The molecule has 1 fully saturated rings. The number of hydrogen-bond acceptors (Lipinski definition) is 3. The summed E-state index contributed by atoms with van der Waals surface area (Å²) in [5.41, 5.74) is 9.30. The van der Waals surface area contributed by atoms with E-state index < -0.39 is 5.97 Å². The lowest BCUT2D eigenvalue weighted by Gasteiger charge is -2.21. The number of rotatable bonds is 4. The van der Waals surface area contributed by atoms with Crippen molar-refractivity contribution in [3.8, 4) is 0 Å². The van der Waals surface area contributed by atoms with Gasteiger partial charge in [-0.2, -0.15) is 5.10 Å². The van der Waals surface area contributed by atoms with Crippen LogP contribution in [0.25, 0.3) is 0 Å². The molecule has 0 atom stereocenters. The Hall–Kier alpha value is -2.21. The predicted molar refractivity (Wildman–Crippen MR) is 85.2 cm³/mol. The molecule has 1 saturated carbocycles. The van der Waals surface area contributed by atoms with E-state index in [1.54, 1.807) is 12.3 Å². The van der Waals surface area contributed by atoms with Crippen molar-refractivity contribution in [2.45, 2.75) is 51.1 Å². The molecule has 1 aliphatic rings. The summed E-state index contributed by atoms with van der Waals surface area (Å²) in [6, 6.07) is 2.34. The highest BCUT2D eigenvalue weighted by atomic mass is 16.4. The van der Waals surface area contributed by atoms with Gasteiger partial charge in [-0.1, -0.05) is 0 Å². The maximum atomic E-state index is 11.3. The molecule has 2 heterocycles. The predicted octanol–water partition coefficient (Wildman–Crippen LogP) is 1.74. The summed E-state index contributed by atoms with van der Waals surface area (Å²) in [5, 5.41) is 12.6. The molecule has 0 radical (unpaired) electrons. The van der Waals surface area contributed by atoms with Gasteiger partial charge in [-0.15, -0.1) is 4.68 Å². The van der Waals surface area contributed by atoms with Crippen molar-refractivity contribution in [3.63, 3.8) is 0 Å². The number of nitrogens with one attached hydrogen (secondary N) is 1. The van der Waals surface area contributed by atoms with Gasteiger partial charge in [-0.3, -0.25) is 4.98 Å². The number of aromatic nitrogens is 3. The molecule has 0 unspecified atom stereocenters. The molecule has 0 aliphatic heterocycles. The standard InChI is InChI=1S/C17H22N4O2/c1-11-12(8-13-9-19-7-6-16(13)17(22)23)10-20-21(11)15-4-2-14(18)3-5-15/h6-7,9-10,14-15H,2-5,8,18H2,1H3,(H,22,23)/p+1. The van der Waals surface area contributed by atoms with E-state index in [-0.39, 0.29) is 0 Å². The number of nitrogens with zero attached hydrogens (tertiary/aromatic N) is 2. The maximum absolute atomic E-state index is 11.3. The van der Waals surface area contributed by atoms with Gasteiger partial charge in [-0.05, 0) is 24.5 Å². The van der Waals surface area contributed by atoms with Crippen LogP contribution >= 0.6 is 0 Å². The van der Waals surface area contributed by atoms with Gasteiger partial charge in [-0.25, -0.2) is 4.79 Å². The van der Waals surface area contributed by atoms with Crippen molar-refractivity contribution >= 4 is 5.97 Å². The molecule has 6 heteroatoms. The molecule has 0 amide bonds. The van der Waals surface area contributed by atoms with Crippen molar-refractivity contribution in [3.05, 3.63) is 47.0 Å². The highest BCUT2D eigenvalue weighted by Gasteiger charge is 2.29. The van der Waals surface area contributed by atoms with Crippen LogP contribution in [0.15, 0.2) is 24.7 Å². The monoisotopic (exact) mass is 315 g/mol. The lowest BCUT2D eigenvalue weighted by atomic mass is 9.91. The smallest absolute Gasteiger partial charge is 0.336 e. The fourth-order valence-corrected chi connectivity index (χ4v) is 3.40. The highest BCUT2D eigenvalue weighted by molar-refractivity contribution is 5.89. The minimum absolute atomic E-state index is 0.316. The van der Waals surface area contributed by atoms with E-state index in [1.807, 2.05) is 6.20 Å². The Bertz CT molecular complexity index is 702. The van der Waals surface area contributed by atoms with Crippen LogP contribution in [0.1, 0.15) is 58.9 Å². The number of carboxylic acids is 1. The molecule has 0 saturated heterocycles. The molecule has 0 bridgehead atoms. The topological polar surface area (TPSA) is 95.9 Å². The van der Waals surface area contributed by atoms with Crippen molar-refractivity contribution < 1.29 is 14.6 Å². The molecule has 6 nitrogen and oxygen atoms in total. The van der Waals surface area contributed by atoms with E-state index in [4.69, 9.17) is 5.73 Å². The number of aromatic amines is 1. The Morgan fingerprint density at radius 3 is 2.83 bits per heavy atom. The molecule has 2 aromatic heterocycles. The number of hydrogen-bond donors (Lipinski definition) is 3. The van der Waals surface area contributed by atoms with E-state index >= 15 is 0 Å². The van der Waals surface area contributed by atoms with Crippen molar-refractivity contribution in [2.24, 2.45) is 5.73 Å². The minimum Gasteiger partial charge on any atom is -0.478 e. The highest BCUT2D eigenvalue weighted by Crippen LogP contribution is 2.24. The molecule has 3 rings (SSSR count). The third-order valence-electron chi connectivity index (χ3n) is 4.83. The van der Waals surface area contributed by atoms with Crippen LogP contribution in [0.5, 0.6) is 0 Å². The third kappa shape index (κ3) is 3.27. The first kappa shape index (κ1) is 15.7. The maximum Gasteiger partial charge on any atom is 0.336 e. The van der Waals surface area contributed by atoms with Gasteiger partial charge >= 0.3 is 5.97 Å². The van der Waals surface area contributed by atoms with Gasteiger partial charge in [0.05, 0.1) is 11.8 Å². The van der Waals surface area contributed by atoms with Gasteiger partial charge in [0, 0.05) is 50.2 Å². The Kier molecular flexibility index (Phi) is 4.43. The quantitative estimate of drug-likeness (QED) is 0.749. The third-order valence-corrected chi connectivity index (χ3v) is 4.83. The van der Waals surface area contributed by atoms with Crippen LogP contribution in [0, 0.1) is 6.92 Å². The first-order valence-electron chi connectivity index (χ1n) is 8.06. The van der Waals surface area contributed by atoms with Gasteiger partial charge in [0.2, 0.25) is 5.69 Å². The van der Waals surface area contributed by atoms with Crippen molar-refractivity contribution in [1.29, 1.82) is 0 Å². The second-order valence-electron chi connectivity index (χ2n) is 6.34. The summed E-state index contributed by atoms with van der Waals surface area (Å²) in [7, 11) is 0. The minimum atomic E-state index is -0.912. The summed E-state index contributed by atoms with van der Waals surface area (Å²) in [4.78, 5) is 15.4. The zero-order chi connectivity index (χ0) is 16.4. The number of H-pyrrole nitrogens is 1. The summed E-state index contributed by atoms with van der Waals surface area (Å²) in [5.74, 6) is -0.912. The lowest BCUT2D eigenvalue weighted by Crippen LogP contribution is -2.46.